The Morgan fingerprint density at radius 1 is 1.02 bits per heavy atom. The summed E-state index contributed by atoms with van der Waals surface area (Å²) in [4.78, 5) is 31.3. The quantitative estimate of drug-likeness (QED) is 0.285. The van der Waals surface area contributed by atoms with E-state index in [2.05, 4.69) is 26.8 Å². The Balaban J connectivity index is 0.00000462. The molecule has 0 atom stereocenters. The van der Waals surface area contributed by atoms with E-state index in [-0.39, 0.29) is 30.0 Å². The number of aromatic amines is 1. The molecule has 222 valence electrons. The zero-order valence-corrected chi connectivity index (χ0v) is 25.0. The van der Waals surface area contributed by atoms with Crippen LogP contribution in [0.3, 0.4) is 0 Å². The number of carbonyl (C=O) groups excluding carboxylic acids is 1. The highest BCUT2D eigenvalue weighted by molar-refractivity contribution is 7.92. The van der Waals surface area contributed by atoms with Gasteiger partial charge in [-0.2, -0.15) is 0 Å². The summed E-state index contributed by atoms with van der Waals surface area (Å²) in [7, 11) is -3.32. The van der Waals surface area contributed by atoms with E-state index >= 15 is 0 Å². The van der Waals surface area contributed by atoms with Crippen molar-refractivity contribution in [2.24, 2.45) is 0 Å². The molecule has 2 heterocycles. The van der Waals surface area contributed by atoms with Crippen molar-refractivity contribution in [1.29, 1.82) is 0 Å². The molecule has 0 spiro atoms. The zero-order valence-electron chi connectivity index (χ0n) is 23.3. The Morgan fingerprint density at radius 3 is 2.22 bits per heavy atom. The third-order valence-electron chi connectivity index (χ3n) is 6.70. The predicted molar refractivity (Wildman–Crippen MR) is 165 cm³/mol. The average molecular weight is 604 g/mol. The maximum atomic E-state index is 13.1. The molecule has 1 aliphatic rings. The first-order chi connectivity index (χ1) is 19.2. The lowest BCUT2D eigenvalue weighted by Gasteiger charge is -2.34. The van der Waals surface area contributed by atoms with Crippen LogP contribution in [0, 0.1) is 0 Å². The molecule has 0 unspecified atom stereocenters. The van der Waals surface area contributed by atoms with E-state index in [1.807, 2.05) is 24.3 Å². The molecule has 41 heavy (non-hydrogen) atoms. The first-order valence-corrected chi connectivity index (χ1v) is 15.4. The number of ether oxygens (including phenoxy) is 1. The van der Waals surface area contributed by atoms with Gasteiger partial charge in [0.05, 0.1) is 11.9 Å². The second-order valence-corrected chi connectivity index (χ2v) is 11.8. The largest absolute Gasteiger partial charge is 0.457 e. The van der Waals surface area contributed by atoms with Gasteiger partial charge in [-0.1, -0.05) is 25.5 Å². The Morgan fingerprint density at radius 2 is 1.66 bits per heavy atom. The summed E-state index contributed by atoms with van der Waals surface area (Å²) < 4.78 is 31.0. The maximum absolute atomic E-state index is 13.1. The van der Waals surface area contributed by atoms with Crippen LogP contribution in [0.4, 0.5) is 16.2 Å². The van der Waals surface area contributed by atoms with Crippen LogP contribution in [0.15, 0.2) is 71.7 Å². The van der Waals surface area contributed by atoms with Gasteiger partial charge in [0, 0.05) is 50.2 Å². The number of carbonyl (C=O) groups is 1. The number of rotatable bonds is 11. The van der Waals surface area contributed by atoms with Crippen molar-refractivity contribution in [3.63, 3.8) is 0 Å². The smallest absolute Gasteiger partial charge is 0.322 e. The molecule has 12 heteroatoms. The van der Waals surface area contributed by atoms with Crippen LogP contribution in [-0.4, -0.2) is 56.3 Å². The van der Waals surface area contributed by atoms with Crippen molar-refractivity contribution < 1.29 is 17.9 Å². The summed E-state index contributed by atoms with van der Waals surface area (Å²) in [6.07, 6.45) is 6.28. The maximum Gasteiger partial charge on any atom is 0.322 e. The molecule has 3 aromatic rings. The van der Waals surface area contributed by atoms with E-state index < -0.39 is 10.0 Å². The molecule has 0 bridgehead atoms. The van der Waals surface area contributed by atoms with Crippen molar-refractivity contribution in [3.05, 3.63) is 82.8 Å². The average Bonchev–Trinajstić information content (AvgIpc) is 2.92. The SMILES string of the molecule is CCCCN(C(=O)NC1CCN(Cc2ccc(Oc3ccc(NS(C)(=O)=O)cc3)cc2)CC1)c1ccc(=O)[nH]c1.Cl. The third kappa shape index (κ3) is 10.1. The Kier molecular flexibility index (Phi) is 11.6. The van der Waals surface area contributed by atoms with E-state index in [9.17, 15) is 18.0 Å². The molecule has 1 fully saturated rings. The van der Waals surface area contributed by atoms with E-state index in [1.54, 1.807) is 41.4 Å². The number of amides is 2. The molecule has 1 aliphatic heterocycles. The minimum atomic E-state index is -3.32. The van der Waals surface area contributed by atoms with Crippen LogP contribution in [0.2, 0.25) is 0 Å². The molecule has 0 saturated carbocycles. The molecular formula is C29H38ClN5O5S. The lowest BCUT2D eigenvalue weighted by molar-refractivity contribution is 0.188. The van der Waals surface area contributed by atoms with E-state index in [0.29, 0.717) is 29.4 Å². The van der Waals surface area contributed by atoms with Gasteiger partial charge >= 0.3 is 6.03 Å². The number of hydrogen-bond donors (Lipinski definition) is 3. The number of piperidine rings is 1. The van der Waals surface area contributed by atoms with Gasteiger partial charge in [-0.05, 0) is 67.3 Å². The highest BCUT2D eigenvalue weighted by atomic mass is 35.5. The molecule has 0 radical (unpaired) electrons. The van der Waals surface area contributed by atoms with Crippen molar-refractivity contribution >= 4 is 39.8 Å². The predicted octanol–water partition coefficient (Wildman–Crippen LogP) is 4.94. The van der Waals surface area contributed by atoms with Crippen LogP contribution in [-0.2, 0) is 16.6 Å². The van der Waals surface area contributed by atoms with Gasteiger partial charge in [-0.15, -0.1) is 12.4 Å². The third-order valence-corrected chi connectivity index (χ3v) is 7.30. The summed E-state index contributed by atoms with van der Waals surface area (Å²) in [5.74, 6) is 1.31. The van der Waals surface area contributed by atoms with Gasteiger partial charge < -0.3 is 15.0 Å². The molecule has 3 N–H and O–H groups in total. The van der Waals surface area contributed by atoms with Crippen molar-refractivity contribution in [1.82, 2.24) is 15.2 Å². The summed E-state index contributed by atoms with van der Waals surface area (Å²) in [5, 5.41) is 3.19. The molecule has 0 aliphatic carbocycles. The summed E-state index contributed by atoms with van der Waals surface area (Å²) in [6, 6.07) is 17.8. The number of aromatic nitrogens is 1. The minimum absolute atomic E-state index is 0. The van der Waals surface area contributed by atoms with Gasteiger partial charge in [0.1, 0.15) is 11.5 Å². The number of H-pyrrole nitrogens is 1. The Bertz CT molecular complexity index is 1400. The normalized spacial score (nSPS) is 14.1. The fourth-order valence-corrected chi connectivity index (χ4v) is 5.15. The standard InChI is InChI=1S/C29H37N5O5S.ClH/c1-3-4-17-34(25-9-14-28(35)30-20-25)29(36)31-23-15-18-33(19-16-23)21-22-5-10-26(11-6-22)39-27-12-7-24(8-13-27)32-40(2,37)38;/h5-14,20,23,32H,3-4,15-19,21H2,1-2H3,(H,30,35)(H,31,36);1H. The minimum Gasteiger partial charge on any atom is -0.457 e. The molecule has 2 amide bonds. The number of hydrogen-bond acceptors (Lipinski definition) is 6. The van der Waals surface area contributed by atoms with E-state index in [1.165, 1.54) is 11.6 Å². The van der Waals surface area contributed by atoms with Gasteiger partial charge in [-0.3, -0.25) is 19.3 Å². The first-order valence-electron chi connectivity index (χ1n) is 13.5. The van der Waals surface area contributed by atoms with Crippen LogP contribution in [0.25, 0.3) is 0 Å². The summed E-state index contributed by atoms with van der Waals surface area (Å²) >= 11 is 0. The lowest BCUT2D eigenvalue weighted by atomic mass is 10.0. The number of urea groups is 1. The van der Waals surface area contributed by atoms with E-state index in [4.69, 9.17) is 4.74 Å². The molecule has 10 nitrogen and oxygen atoms in total. The molecule has 1 saturated heterocycles. The molecule has 4 rings (SSSR count). The fraction of sp³-hybridized carbons (Fsp3) is 0.379. The van der Waals surface area contributed by atoms with E-state index in [0.717, 1.165) is 51.6 Å². The van der Waals surface area contributed by atoms with Gasteiger partial charge in [0.2, 0.25) is 15.6 Å². The number of nitrogens with one attached hydrogen (secondary N) is 3. The lowest BCUT2D eigenvalue weighted by Crippen LogP contribution is -2.49. The van der Waals surface area contributed by atoms with Crippen molar-refractivity contribution in [3.8, 4) is 11.5 Å². The number of pyridine rings is 1. The molecule has 2 aromatic carbocycles. The fourth-order valence-electron chi connectivity index (χ4n) is 4.58. The van der Waals surface area contributed by atoms with Gasteiger partial charge in [0.25, 0.3) is 0 Å². The summed E-state index contributed by atoms with van der Waals surface area (Å²) in [6.45, 7) is 5.25. The second-order valence-electron chi connectivity index (χ2n) is 10.1. The number of anilines is 2. The highest BCUT2D eigenvalue weighted by Gasteiger charge is 2.24. The Labute approximate surface area is 247 Å². The van der Waals surface area contributed by atoms with Crippen LogP contribution >= 0.6 is 12.4 Å². The topological polar surface area (TPSA) is 124 Å². The molecular weight excluding hydrogens is 566 g/mol. The Hall–Kier alpha value is -3.54. The number of benzene rings is 2. The van der Waals surface area contributed by atoms with Crippen LogP contribution in [0.1, 0.15) is 38.2 Å². The number of nitrogens with zero attached hydrogens (tertiary/aromatic N) is 2. The monoisotopic (exact) mass is 603 g/mol. The first kappa shape index (κ1) is 32.0. The molecule has 1 aromatic heterocycles. The van der Waals surface area contributed by atoms with Crippen molar-refractivity contribution in [2.75, 3.05) is 35.5 Å². The second kappa shape index (κ2) is 14.9. The zero-order chi connectivity index (χ0) is 28.5. The number of sulfonamides is 1. The number of unbranched alkanes of at least 4 members (excludes halogenated alkanes) is 1. The highest BCUT2D eigenvalue weighted by Crippen LogP contribution is 2.24. The van der Waals surface area contributed by atoms with Crippen LogP contribution in [0.5, 0.6) is 11.5 Å². The number of halogens is 1. The summed E-state index contributed by atoms with van der Waals surface area (Å²) in [5.41, 5.74) is 2.16. The van der Waals surface area contributed by atoms with Gasteiger partial charge in [-0.25, -0.2) is 13.2 Å². The van der Waals surface area contributed by atoms with Gasteiger partial charge in [0.15, 0.2) is 0 Å². The van der Waals surface area contributed by atoms with Crippen molar-refractivity contribution in [2.45, 2.75) is 45.2 Å². The number of likely N-dealkylation sites (tertiary alicyclic amines) is 1. The van der Waals surface area contributed by atoms with Crippen LogP contribution < -0.4 is 25.2 Å².